The first-order valence-electron chi connectivity index (χ1n) is 5.97. The summed E-state index contributed by atoms with van der Waals surface area (Å²) in [6, 6.07) is 5.92. The zero-order chi connectivity index (χ0) is 15.3. The van der Waals surface area contributed by atoms with Crippen molar-refractivity contribution in [2.45, 2.75) is 13.8 Å². The second kappa shape index (κ2) is 6.92. The lowest BCUT2D eigenvalue weighted by atomic mass is 10.2. The molecule has 0 amide bonds. The fourth-order valence-electron chi connectivity index (χ4n) is 1.40. The van der Waals surface area contributed by atoms with Crippen molar-refractivity contribution >= 4 is 33.5 Å². The van der Waals surface area contributed by atoms with Crippen LogP contribution < -0.4 is 9.03 Å². The average molecular weight is 321 g/mol. The molecule has 112 valence electrons. The molecule has 2 N–H and O–H groups in total. The van der Waals surface area contributed by atoms with Gasteiger partial charge in [-0.15, -0.1) is 0 Å². The number of anilines is 1. The molecule has 0 spiro atoms. The van der Waals surface area contributed by atoms with Crippen LogP contribution in [-0.4, -0.2) is 32.6 Å². The summed E-state index contributed by atoms with van der Waals surface area (Å²) < 4.78 is 27.5. The van der Waals surface area contributed by atoms with E-state index >= 15 is 0 Å². The molecule has 0 saturated heterocycles. The lowest BCUT2D eigenvalue weighted by molar-refractivity contribution is -0.135. The molecule has 0 aliphatic heterocycles. The number of aliphatic carboxylic acids is 1. The Labute approximate surface area is 123 Å². The van der Waals surface area contributed by atoms with Gasteiger partial charge in [-0.2, -0.15) is 13.1 Å². The first kappa shape index (κ1) is 16.7. The number of halogens is 1. The molecule has 1 aromatic rings. The van der Waals surface area contributed by atoms with Crippen molar-refractivity contribution in [1.82, 2.24) is 4.72 Å². The van der Waals surface area contributed by atoms with Crippen molar-refractivity contribution in [3.05, 3.63) is 29.3 Å². The number of carboxylic acids is 1. The van der Waals surface area contributed by atoms with E-state index in [9.17, 15) is 13.2 Å². The first-order chi connectivity index (χ1) is 9.22. The zero-order valence-electron chi connectivity index (χ0n) is 11.2. The maximum atomic E-state index is 12.2. The van der Waals surface area contributed by atoms with E-state index in [1.54, 1.807) is 0 Å². The van der Waals surface area contributed by atoms with Gasteiger partial charge in [-0.25, -0.2) is 4.31 Å². The molecular formula is C12H17ClN2O4S. The van der Waals surface area contributed by atoms with Gasteiger partial charge in [0.25, 0.3) is 0 Å². The fourth-order valence-corrected chi connectivity index (χ4v) is 2.90. The highest BCUT2D eigenvalue weighted by molar-refractivity contribution is 7.90. The number of hydrogen-bond donors (Lipinski definition) is 2. The van der Waals surface area contributed by atoms with Gasteiger partial charge in [0.1, 0.15) is 6.54 Å². The molecule has 0 aliphatic rings. The smallest absolute Gasteiger partial charge is 0.324 e. The molecule has 0 atom stereocenters. The summed E-state index contributed by atoms with van der Waals surface area (Å²) >= 11 is 5.74. The summed E-state index contributed by atoms with van der Waals surface area (Å²) in [4.78, 5) is 10.9. The van der Waals surface area contributed by atoms with Crippen LogP contribution in [0.3, 0.4) is 0 Å². The molecule has 0 unspecified atom stereocenters. The van der Waals surface area contributed by atoms with Crippen LogP contribution in [-0.2, 0) is 15.0 Å². The SMILES string of the molecule is CC(C)CNS(=O)(=O)N(CC(=O)O)c1ccc(Cl)cc1. The van der Waals surface area contributed by atoms with Crippen molar-refractivity contribution < 1.29 is 18.3 Å². The normalized spacial score (nSPS) is 11.6. The summed E-state index contributed by atoms with van der Waals surface area (Å²) in [7, 11) is -3.92. The third kappa shape index (κ3) is 4.99. The van der Waals surface area contributed by atoms with Gasteiger partial charge in [-0.1, -0.05) is 25.4 Å². The van der Waals surface area contributed by atoms with Crippen LogP contribution in [0.2, 0.25) is 5.02 Å². The molecule has 0 heterocycles. The predicted molar refractivity (Wildman–Crippen MR) is 78.2 cm³/mol. The maximum absolute atomic E-state index is 12.2. The van der Waals surface area contributed by atoms with Crippen LogP contribution in [0.4, 0.5) is 5.69 Å². The molecule has 0 saturated carbocycles. The van der Waals surface area contributed by atoms with Gasteiger partial charge in [0, 0.05) is 11.6 Å². The van der Waals surface area contributed by atoms with Crippen LogP contribution in [0.1, 0.15) is 13.8 Å². The lowest BCUT2D eigenvalue weighted by Gasteiger charge is -2.23. The molecular weight excluding hydrogens is 304 g/mol. The second-order valence-electron chi connectivity index (χ2n) is 4.62. The molecule has 0 aromatic heterocycles. The lowest BCUT2D eigenvalue weighted by Crippen LogP contribution is -2.44. The Morgan fingerprint density at radius 3 is 2.35 bits per heavy atom. The summed E-state index contributed by atoms with van der Waals surface area (Å²) in [6.07, 6.45) is 0. The zero-order valence-corrected chi connectivity index (χ0v) is 12.8. The van der Waals surface area contributed by atoms with E-state index in [2.05, 4.69) is 4.72 Å². The van der Waals surface area contributed by atoms with Gasteiger partial charge >= 0.3 is 16.2 Å². The highest BCUT2D eigenvalue weighted by Gasteiger charge is 2.24. The molecule has 8 heteroatoms. The van der Waals surface area contributed by atoms with Gasteiger partial charge in [0.15, 0.2) is 0 Å². The van der Waals surface area contributed by atoms with Crippen molar-refractivity contribution in [1.29, 1.82) is 0 Å². The Morgan fingerprint density at radius 1 is 1.35 bits per heavy atom. The monoisotopic (exact) mass is 320 g/mol. The van der Waals surface area contributed by atoms with E-state index in [0.29, 0.717) is 5.02 Å². The fraction of sp³-hybridized carbons (Fsp3) is 0.417. The summed E-state index contributed by atoms with van der Waals surface area (Å²) in [5.41, 5.74) is 0.244. The van der Waals surface area contributed by atoms with E-state index in [-0.39, 0.29) is 18.2 Å². The Hall–Kier alpha value is -1.31. The summed E-state index contributed by atoms with van der Waals surface area (Å²) in [6.45, 7) is 3.28. The van der Waals surface area contributed by atoms with Crippen molar-refractivity contribution in [3.63, 3.8) is 0 Å². The third-order valence-corrected chi connectivity index (χ3v) is 4.06. The number of carbonyl (C=O) groups is 1. The quantitative estimate of drug-likeness (QED) is 0.801. The minimum absolute atomic E-state index is 0.113. The van der Waals surface area contributed by atoms with Crippen LogP contribution >= 0.6 is 11.6 Å². The highest BCUT2D eigenvalue weighted by Crippen LogP contribution is 2.20. The third-order valence-electron chi connectivity index (χ3n) is 2.36. The van der Waals surface area contributed by atoms with Gasteiger partial charge in [-0.3, -0.25) is 4.79 Å². The number of nitrogens with one attached hydrogen (secondary N) is 1. The molecule has 0 fully saturated rings. The van der Waals surface area contributed by atoms with Gasteiger partial charge in [0.2, 0.25) is 0 Å². The van der Waals surface area contributed by atoms with E-state index in [1.165, 1.54) is 24.3 Å². The van der Waals surface area contributed by atoms with Crippen LogP contribution in [0.15, 0.2) is 24.3 Å². The Bertz CT molecular complexity index is 557. The minimum Gasteiger partial charge on any atom is -0.480 e. The molecule has 6 nitrogen and oxygen atoms in total. The van der Waals surface area contributed by atoms with Crippen LogP contribution in [0.25, 0.3) is 0 Å². The minimum atomic E-state index is -3.92. The number of rotatable bonds is 7. The predicted octanol–water partition coefficient (Wildman–Crippen LogP) is 1.72. The summed E-state index contributed by atoms with van der Waals surface area (Å²) in [5.74, 6) is -1.13. The molecule has 1 aromatic carbocycles. The van der Waals surface area contributed by atoms with Gasteiger partial charge in [-0.05, 0) is 30.2 Å². The summed E-state index contributed by atoms with van der Waals surface area (Å²) in [5, 5.41) is 9.32. The van der Waals surface area contributed by atoms with Gasteiger partial charge < -0.3 is 5.11 Å². The Morgan fingerprint density at radius 2 is 1.90 bits per heavy atom. The van der Waals surface area contributed by atoms with Crippen molar-refractivity contribution in [2.75, 3.05) is 17.4 Å². The average Bonchev–Trinajstić information content (AvgIpc) is 2.35. The number of benzene rings is 1. The standard InChI is InChI=1S/C12H17ClN2O4S/c1-9(2)7-14-20(18,19)15(8-12(16)17)11-5-3-10(13)4-6-11/h3-6,9,14H,7-8H2,1-2H3,(H,16,17). The van der Waals surface area contributed by atoms with E-state index in [1.807, 2.05) is 13.8 Å². The maximum Gasteiger partial charge on any atom is 0.324 e. The van der Waals surface area contributed by atoms with Crippen LogP contribution in [0, 0.1) is 5.92 Å². The molecule has 0 radical (unpaired) electrons. The second-order valence-corrected chi connectivity index (χ2v) is 6.74. The number of nitrogens with zero attached hydrogens (tertiary/aromatic N) is 1. The Balaban J connectivity index is 3.05. The molecule has 0 aliphatic carbocycles. The van der Waals surface area contributed by atoms with Gasteiger partial charge in [0.05, 0.1) is 5.69 Å². The van der Waals surface area contributed by atoms with Crippen molar-refractivity contribution in [2.24, 2.45) is 5.92 Å². The van der Waals surface area contributed by atoms with Crippen molar-refractivity contribution in [3.8, 4) is 0 Å². The molecule has 20 heavy (non-hydrogen) atoms. The van der Waals surface area contributed by atoms with E-state index < -0.39 is 22.7 Å². The van der Waals surface area contributed by atoms with E-state index in [0.717, 1.165) is 4.31 Å². The number of carboxylic acid groups (broad SMARTS) is 1. The molecule has 1 rings (SSSR count). The highest BCUT2D eigenvalue weighted by atomic mass is 35.5. The number of hydrogen-bond acceptors (Lipinski definition) is 3. The van der Waals surface area contributed by atoms with Crippen LogP contribution in [0.5, 0.6) is 0 Å². The largest absolute Gasteiger partial charge is 0.480 e. The topological polar surface area (TPSA) is 86.7 Å². The Kier molecular flexibility index (Phi) is 5.79. The molecule has 0 bridgehead atoms. The van der Waals surface area contributed by atoms with E-state index in [4.69, 9.17) is 16.7 Å². The first-order valence-corrected chi connectivity index (χ1v) is 7.79.